The minimum atomic E-state index is 0.524. The lowest BCUT2D eigenvalue weighted by Crippen LogP contribution is -1.83. The zero-order chi connectivity index (χ0) is 10.1. The minimum absolute atomic E-state index is 0.524. The molecule has 0 saturated carbocycles. The fourth-order valence-corrected chi connectivity index (χ4v) is 1.95. The number of hydrogen-bond acceptors (Lipinski definition) is 3. The van der Waals surface area contributed by atoms with Crippen molar-refractivity contribution in [3.8, 4) is 11.3 Å². The zero-order valence-corrected chi connectivity index (χ0v) is 9.33. The third-order valence-corrected chi connectivity index (χ3v) is 3.15. The highest BCUT2D eigenvalue weighted by Gasteiger charge is 2.04. The Morgan fingerprint density at radius 3 is 2.57 bits per heavy atom. The summed E-state index contributed by atoms with van der Waals surface area (Å²) in [4.78, 5) is 4.15. The van der Waals surface area contributed by atoms with E-state index in [4.69, 9.17) is 28.9 Å². The lowest BCUT2D eigenvalue weighted by atomic mass is 10.2. The first kappa shape index (κ1) is 9.77. The zero-order valence-electron chi connectivity index (χ0n) is 7.00. The molecule has 1 aromatic heterocycles. The molecule has 0 spiro atoms. The average molecular weight is 245 g/mol. The van der Waals surface area contributed by atoms with Gasteiger partial charge in [0.2, 0.25) is 0 Å². The van der Waals surface area contributed by atoms with Crippen LogP contribution >= 0.6 is 34.5 Å². The fraction of sp³-hybridized carbons (Fsp3) is 0. The number of nitrogen functional groups attached to an aromatic ring is 1. The maximum Gasteiger partial charge on any atom is 0.180 e. The van der Waals surface area contributed by atoms with E-state index < -0.39 is 0 Å². The van der Waals surface area contributed by atoms with Crippen molar-refractivity contribution in [2.24, 2.45) is 0 Å². The van der Waals surface area contributed by atoms with Crippen molar-refractivity contribution in [3.05, 3.63) is 33.6 Å². The van der Waals surface area contributed by atoms with Crippen LogP contribution in [0, 0.1) is 0 Å². The van der Waals surface area contributed by atoms with Crippen LogP contribution in [0.1, 0.15) is 0 Å². The van der Waals surface area contributed by atoms with E-state index in [1.807, 2.05) is 11.4 Å². The second-order valence-electron chi connectivity index (χ2n) is 2.70. The Morgan fingerprint density at radius 2 is 2.00 bits per heavy atom. The van der Waals surface area contributed by atoms with E-state index in [-0.39, 0.29) is 0 Å². The van der Waals surface area contributed by atoms with Crippen LogP contribution in [0.5, 0.6) is 0 Å². The molecule has 2 N–H and O–H groups in total. The van der Waals surface area contributed by atoms with Crippen molar-refractivity contribution < 1.29 is 0 Å². The molecule has 2 rings (SSSR count). The second kappa shape index (κ2) is 3.77. The van der Waals surface area contributed by atoms with Gasteiger partial charge in [-0.05, 0) is 12.1 Å². The molecule has 0 fully saturated rings. The molecule has 0 aliphatic carbocycles. The number of nitrogens with zero attached hydrogens (tertiary/aromatic N) is 1. The number of thiazole rings is 1. The number of hydrogen-bond donors (Lipinski definition) is 1. The normalized spacial score (nSPS) is 10.4. The van der Waals surface area contributed by atoms with E-state index >= 15 is 0 Å². The maximum absolute atomic E-state index is 5.88. The van der Waals surface area contributed by atoms with E-state index in [9.17, 15) is 0 Å². The molecule has 1 heterocycles. The first-order valence-electron chi connectivity index (χ1n) is 3.83. The van der Waals surface area contributed by atoms with Gasteiger partial charge in [0.1, 0.15) is 0 Å². The molecule has 0 radical (unpaired) electrons. The van der Waals surface area contributed by atoms with Crippen LogP contribution in [0.2, 0.25) is 10.0 Å². The number of aromatic nitrogens is 1. The number of nitrogens with two attached hydrogens (primary N) is 1. The van der Waals surface area contributed by atoms with Crippen LogP contribution in [0.4, 0.5) is 5.13 Å². The van der Waals surface area contributed by atoms with E-state index in [1.54, 1.807) is 12.1 Å². The molecule has 14 heavy (non-hydrogen) atoms. The van der Waals surface area contributed by atoms with Crippen molar-refractivity contribution >= 4 is 39.7 Å². The van der Waals surface area contributed by atoms with Crippen molar-refractivity contribution in [3.63, 3.8) is 0 Å². The molecule has 0 unspecified atom stereocenters. The van der Waals surface area contributed by atoms with Crippen LogP contribution in [-0.4, -0.2) is 4.98 Å². The van der Waals surface area contributed by atoms with Crippen LogP contribution in [0.15, 0.2) is 23.6 Å². The summed E-state index contributed by atoms with van der Waals surface area (Å²) in [7, 11) is 0. The van der Waals surface area contributed by atoms with Gasteiger partial charge in [-0.3, -0.25) is 0 Å². The summed E-state index contributed by atoms with van der Waals surface area (Å²) in [6.45, 7) is 0. The van der Waals surface area contributed by atoms with E-state index in [2.05, 4.69) is 4.98 Å². The number of rotatable bonds is 1. The third kappa shape index (κ3) is 1.85. The van der Waals surface area contributed by atoms with Gasteiger partial charge in [0, 0.05) is 10.9 Å². The Labute approximate surface area is 95.3 Å². The van der Waals surface area contributed by atoms with Crippen molar-refractivity contribution in [1.29, 1.82) is 0 Å². The summed E-state index contributed by atoms with van der Waals surface area (Å²) in [5, 5.41) is 3.50. The lowest BCUT2D eigenvalue weighted by Gasteiger charge is -1.98. The average Bonchev–Trinajstić information content (AvgIpc) is 2.57. The van der Waals surface area contributed by atoms with Crippen LogP contribution < -0.4 is 5.73 Å². The predicted molar refractivity (Wildman–Crippen MR) is 62.0 cm³/mol. The van der Waals surface area contributed by atoms with Crippen LogP contribution in [-0.2, 0) is 0 Å². The SMILES string of the molecule is Nc1nc(-c2ccc(Cl)c(Cl)c2)cs1. The summed E-state index contributed by atoms with van der Waals surface area (Å²) in [6.07, 6.45) is 0. The third-order valence-electron chi connectivity index (χ3n) is 1.74. The maximum atomic E-state index is 5.88. The highest BCUT2D eigenvalue weighted by molar-refractivity contribution is 7.13. The van der Waals surface area contributed by atoms with Crippen molar-refractivity contribution in [1.82, 2.24) is 4.98 Å². The molecule has 0 amide bonds. The second-order valence-corrected chi connectivity index (χ2v) is 4.40. The van der Waals surface area contributed by atoms with E-state index in [1.165, 1.54) is 11.3 Å². The van der Waals surface area contributed by atoms with Gasteiger partial charge in [0.05, 0.1) is 15.7 Å². The van der Waals surface area contributed by atoms with E-state index in [0.717, 1.165) is 11.3 Å². The van der Waals surface area contributed by atoms with Crippen molar-refractivity contribution in [2.45, 2.75) is 0 Å². The fourth-order valence-electron chi connectivity index (χ4n) is 1.08. The van der Waals surface area contributed by atoms with E-state index in [0.29, 0.717) is 15.2 Å². The van der Waals surface area contributed by atoms with Crippen LogP contribution in [0.3, 0.4) is 0 Å². The Hall–Kier alpha value is -0.770. The molecule has 1 aromatic carbocycles. The quantitative estimate of drug-likeness (QED) is 0.831. The molecule has 72 valence electrons. The molecule has 0 aliphatic rings. The van der Waals surface area contributed by atoms with Gasteiger partial charge < -0.3 is 5.73 Å². The molecule has 0 bridgehead atoms. The topological polar surface area (TPSA) is 38.9 Å². The highest BCUT2D eigenvalue weighted by Crippen LogP contribution is 2.29. The summed E-state index contributed by atoms with van der Waals surface area (Å²) in [6, 6.07) is 5.38. The Morgan fingerprint density at radius 1 is 1.21 bits per heavy atom. The smallest absolute Gasteiger partial charge is 0.180 e. The monoisotopic (exact) mass is 244 g/mol. The molecule has 0 atom stereocenters. The van der Waals surface area contributed by atoms with Gasteiger partial charge in [-0.2, -0.15) is 0 Å². The largest absolute Gasteiger partial charge is 0.375 e. The minimum Gasteiger partial charge on any atom is -0.375 e. The summed E-state index contributed by atoms with van der Waals surface area (Å²) in [5.41, 5.74) is 7.28. The standard InChI is InChI=1S/C9H6Cl2N2S/c10-6-2-1-5(3-7(6)11)8-4-14-9(12)13-8/h1-4H,(H2,12,13). The number of benzene rings is 1. The molecular weight excluding hydrogens is 239 g/mol. The first-order valence-corrected chi connectivity index (χ1v) is 5.47. The molecule has 0 saturated heterocycles. The van der Waals surface area contributed by atoms with Gasteiger partial charge in [0.15, 0.2) is 5.13 Å². The number of halogens is 2. The van der Waals surface area contributed by atoms with Gasteiger partial charge in [-0.15, -0.1) is 11.3 Å². The summed E-state index contributed by atoms with van der Waals surface area (Å²) < 4.78 is 0. The Bertz CT molecular complexity index is 468. The molecule has 5 heteroatoms. The summed E-state index contributed by atoms with van der Waals surface area (Å²) in [5.74, 6) is 0. The van der Waals surface area contributed by atoms with Crippen LogP contribution in [0.25, 0.3) is 11.3 Å². The summed E-state index contributed by atoms with van der Waals surface area (Å²) >= 11 is 13.1. The van der Waals surface area contributed by atoms with Gasteiger partial charge in [-0.1, -0.05) is 29.3 Å². The number of anilines is 1. The van der Waals surface area contributed by atoms with Gasteiger partial charge >= 0.3 is 0 Å². The van der Waals surface area contributed by atoms with Gasteiger partial charge in [0.25, 0.3) is 0 Å². The predicted octanol–water partition coefficient (Wildman–Crippen LogP) is 3.70. The lowest BCUT2D eigenvalue weighted by molar-refractivity contribution is 1.41. The molecule has 2 nitrogen and oxygen atoms in total. The van der Waals surface area contributed by atoms with Gasteiger partial charge in [-0.25, -0.2) is 4.98 Å². The molecule has 2 aromatic rings. The first-order chi connectivity index (χ1) is 6.66. The Balaban J connectivity index is 2.47. The molecule has 0 aliphatic heterocycles. The highest BCUT2D eigenvalue weighted by atomic mass is 35.5. The Kier molecular flexibility index (Phi) is 2.63. The van der Waals surface area contributed by atoms with Crippen molar-refractivity contribution in [2.75, 3.05) is 5.73 Å². The molecular formula is C9H6Cl2N2S.